The Labute approximate surface area is 160 Å². The number of nitrogens with one attached hydrogen (secondary N) is 1. The molecule has 0 aliphatic carbocycles. The molecule has 0 spiro atoms. The molecular formula is C16H17F7N2O4. The number of alkyl halides is 7. The molecular weight excluding hydrogens is 417 g/mol. The summed E-state index contributed by atoms with van der Waals surface area (Å²) >= 11 is 0. The normalized spacial score (nSPS) is 12.7. The summed E-state index contributed by atoms with van der Waals surface area (Å²) in [5, 5.41) is 2.75. The van der Waals surface area contributed by atoms with E-state index in [4.69, 9.17) is 9.47 Å². The highest BCUT2D eigenvalue weighted by molar-refractivity contribution is 5.80. The number of hydrogen-bond acceptors (Lipinski definition) is 6. The van der Waals surface area contributed by atoms with Crippen LogP contribution in [0, 0.1) is 0 Å². The van der Waals surface area contributed by atoms with Crippen molar-refractivity contribution < 1.29 is 49.7 Å². The highest BCUT2D eigenvalue weighted by Gasteiger charge is 2.73. The summed E-state index contributed by atoms with van der Waals surface area (Å²) in [7, 11) is 0. The molecule has 0 unspecified atom stereocenters. The SMILES string of the molecule is CCOC(=O)COc1ccc(/C=N/NC(F)(F)C(F)(F)C(F)(F)F)cc1OCC. The van der Waals surface area contributed by atoms with E-state index in [1.165, 1.54) is 18.2 Å². The van der Waals surface area contributed by atoms with E-state index in [0.717, 1.165) is 0 Å². The van der Waals surface area contributed by atoms with Crippen LogP contribution in [0.1, 0.15) is 19.4 Å². The molecule has 0 bridgehead atoms. The van der Waals surface area contributed by atoms with Gasteiger partial charge in [0.2, 0.25) is 0 Å². The Morgan fingerprint density at radius 2 is 1.69 bits per heavy atom. The number of nitrogens with zero attached hydrogens (tertiary/aromatic N) is 1. The fourth-order valence-electron chi connectivity index (χ4n) is 1.77. The average molecular weight is 434 g/mol. The van der Waals surface area contributed by atoms with E-state index >= 15 is 0 Å². The van der Waals surface area contributed by atoms with Gasteiger partial charge in [0, 0.05) is 0 Å². The lowest BCUT2D eigenvalue weighted by Crippen LogP contribution is -2.58. The van der Waals surface area contributed by atoms with Crippen molar-refractivity contribution in [1.29, 1.82) is 0 Å². The molecule has 13 heteroatoms. The zero-order valence-corrected chi connectivity index (χ0v) is 15.2. The number of hydrazone groups is 1. The molecule has 6 nitrogen and oxygen atoms in total. The fraction of sp³-hybridized carbons (Fsp3) is 0.500. The molecule has 0 aromatic heterocycles. The molecule has 1 rings (SSSR count). The minimum atomic E-state index is -6.47. The Morgan fingerprint density at radius 3 is 2.24 bits per heavy atom. The minimum absolute atomic E-state index is 0.00978. The number of carbonyl (C=O) groups excluding carboxylic acids is 1. The van der Waals surface area contributed by atoms with Crippen LogP contribution in [-0.4, -0.2) is 50.1 Å². The zero-order valence-electron chi connectivity index (χ0n) is 15.2. The number of halogens is 7. The first kappa shape index (κ1) is 24.3. The topological polar surface area (TPSA) is 69.2 Å². The molecule has 1 aromatic carbocycles. The molecule has 0 saturated carbocycles. The molecule has 1 N–H and O–H groups in total. The highest BCUT2D eigenvalue weighted by Crippen LogP contribution is 2.45. The molecule has 0 fully saturated rings. The summed E-state index contributed by atoms with van der Waals surface area (Å²) in [6, 6.07) is -2.01. The molecule has 0 aliphatic rings. The van der Waals surface area contributed by atoms with E-state index in [0.29, 0.717) is 11.6 Å². The fourth-order valence-corrected chi connectivity index (χ4v) is 1.77. The maximum absolute atomic E-state index is 13.1. The smallest absolute Gasteiger partial charge is 0.462 e. The Kier molecular flexibility index (Phi) is 8.09. The monoisotopic (exact) mass is 434 g/mol. The maximum atomic E-state index is 13.1. The van der Waals surface area contributed by atoms with Crippen molar-refractivity contribution in [2.24, 2.45) is 5.10 Å². The number of esters is 1. The molecule has 29 heavy (non-hydrogen) atoms. The van der Waals surface area contributed by atoms with Crippen LogP contribution in [0.5, 0.6) is 11.5 Å². The summed E-state index contributed by atoms with van der Waals surface area (Å²) in [6.45, 7) is 3.05. The van der Waals surface area contributed by atoms with Crippen molar-refractivity contribution in [3.63, 3.8) is 0 Å². The maximum Gasteiger partial charge on any atom is 0.462 e. The molecule has 0 saturated heterocycles. The standard InChI is InChI=1S/C16H17F7N2O4/c1-3-27-12-7-10(5-6-11(12)29-9-13(26)28-4-2)8-24-25-16(22,23)14(17,18)15(19,20)21/h5-8,25H,3-4,9H2,1-2H3/b24-8+. The summed E-state index contributed by atoms with van der Waals surface area (Å²) in [5.74, 6) is -6.86. The van der Waals surface area contributed by atoms with Gasteiger partial charge >= 0.3 is 24.1 Å². The van der Waals surface area contributed by atoms with Crippen LogP contribution in [0.15, 0.2) is 23.3 Å². The number of ether oxygens (including phenoxy) is 3. The van der Waals surface area contributed by atoms with Gasteiger partial charge in [0.15, 0.2) is 18.1 Å². The third kappa shape index (κ3) is 6.39. The zero-order chi connectivity index (χ0) is 22.3. The van der Waals surface area contributed by atoms with Crippen LogP contribution in [0.25, 0.3) is 0 Å². The van der Waals surface area contributed by atoms with Crippen LogP contribution >= 0.6 is 0 Å². The number of rotatable bonds is 10. The van der Waals surface area contributed by atoms with Crippen LogP contribution in [0.4, 0.5) is 30.7 Å². The molecule has 0 heterocycles. The van der Waals surface area contributed by atoms with E-state index in [1.54, 1.807) is 13.8 Å². The second-order valence-corrected chi connectivity index (χ2v) is 5.25. The van der Waals surface area contributed by atoms with Crippen LogP contribution in [0.3, 0.4) is 0 Å². The van der Waals surface area contributed by atoms with E-state index in [1.807, 2.05) is 0 Å². The number of carbonyl (C=O) groups is 1. The predicted octanol–water partition coefficient (Wildman–Crippen LogP) is 3.74. The van der Waals surface area contributed by atoms with E-state index in [9.17, 15) is 35.5 Å². The molecule has 0 amide bonds. The van der Waals surface area contributed by atoms with Crippen molar-refractivity contribution in [2.75, 3.05) is 19.8 Å². The van der Waals surface area contributed by atoms with Crippen molar-refractivity contribution in [2.45, 2.75) is 32.0 Å². The van der Waals surface area contributed by atoms with Gasteiger partial charge in [-0.05, 0) is 37.6 Å². The largest absolute Gasteiger partial charge is 0.490 e. The van der Waals surface area contributed by atoms with Gasteiger partial charge in [-0.15, -0.1) is 0 Å². The van der Waals surface area contributed by atoms with Crippen molar-refractivity contribution in [3.8, 4) is 11.5 Å². The van der Waals surface area contributed by atoms with E-state index < -0.39 is 30.7 Å². The molecule has 0 radical (unpaired) electrons. The molecule has 0 aliphatic heterocycles. The Bertz CT molecular complexity index is 724. The van der Waals surface area contributed by atoms with Gasteiger partial charge in [-0.2, -0.15) is 35.8 Å². The van der Waals surface area contributed by atoms with Gasteiger partial charge in [-0.3, -0.25) is 0 Å². The summed E-state index contributed by atoms with van der Waals surface area (Å²) < 4.78 is 103. The summed E-state index contributed by atoms with van der Waals surface area (Å²) in [4.78, 5) is 11.3. The lowest BCUT2D eigenvalue weighted by Gasteiger charge is -2.27. The van der Waals surface area contributed by atoms with Crippen molar-refractivity contribution in [3.05, 3.63) is 23.8 Å². The number of benzene rings is 1. The third-order valence-electron chi connectivity index (χ3n) is 3.09. The first-order chi connectivity index (χ1) is 13.4. The third-order valence-corrected chi connectivity index (χ3v) is 3.09. The average Bonchev–Trinajstić information content (AvgIpc) is 2.60. The number of hydrogen-bond donors (Lipinski definition) is 1. The van der Waals surface area contributed by atoms with Crippen molar-refractivity contribution in [1.82, 2.24) is 5.43 Å². The van der Waals surface area contributed by atoms with Gasteiger partial charge in [0.25, 0.3) is 0 Å². The molecule has 1 aromatic rings. The summed E-state index contributed by atoms with van der Waals surface area (Å²) in [6.07, 6.45) is -5.89. The second-order valence-electron chi connectivity index (χ2n) is 5.25. The first-order valence-corrected chi connectivity index (χ1v) is 8.03. The van der Waals surface area contributed by atoms with Crippen LogP contribution in [0.2, 0.25) is 0 Å². The van der Waals surface area contributed by atoms with Crippen LogP contribution < -0.4 is 14.9 Å². The predicted molar refractivity (Wildman–Crippen MR) is 86.4 cm³/mol. The lowest BCUT2D eigenvalue weighted by atomic mass is 10.2. The second kappa shape index (κ2) is 9.65. The van der Waals surface area contributed by atoms with Gasteiger partial charge in [0.05, 0.1) is 19.4 Å². The van der Waals surface area contributed by atoms with Gasteiger partial charge in [-0.1, -0.05) is 0 Å². The van der Waals surface area contributed by atoms with Crippen molar-refractivity contribution >= 4 is 12.2 Å². The Hall–Kier alpha value is -2.73. The first-order valence-electron chi connectivity index (χ1n) is 8.03. The molecule has 0 atom stereocenters. The van der Waals surface area contributed by atoms with E-state index in [2.05, 4.69) is 9.84 Å². The van der Waals surface area contributed by atoms with Gasteiger partial charge in [-0.25, -0.2) is 10.2 Å². The molecule has 164 valence electrons. The summed E-state index contributed by atoms with van der Waals surface area (Å²) in [5.41, 5.74) is 0.517. The Morgan fingerprint density at radius 1 is 1.03 bits per heavy atom. The van der Waals surface area contributed by atoms with E-state index in [-0.39, 0.29) is 30.3 Å². The van der Waals surface area contributed by atoms with Crippen LogP contribution in [-0.2, 0) is 9.53 Å². The quantitative estimate of drug-likeness (QED) is 0.200. The van der Waals surface area contributed by atoms with Gasteiger partial charge in [0.1, 0.15) is 0 Å². The highest BCUT2D eigenvalue weighted by atomic mass is 19.4. The minimum Gasteiger partial charge on any atom is -0.490 e. The lowest BCUT2D eigenvalue weighted by molar-refractivity contribution is -0.361. The Balaban J connectivity index is 2.91. The van der Waals surface area contributed by atoms with Gasteiger partial charge < -0.3 is 14.2 Å².